The van der Waals surface area contributed by atoms with Crippen LogP contribution in [0.5, 0.6) is 5.75 Å². The topological polar surface area (TPSA) is 98.1 Å². The minimum Gasteiger partial charge on any atom is -0.494 e. The van der Waals surface area contributed by atoms with Gasteiger partial charge in [0.15, 0.2) is 5.65 Å². The predicted octanol–water partition coefficient (Wildman–Crippen LogP) is 6.61. The van der Waals surface area contributed by atoms with E-state index >= 15 is 0 Å². The summed E-state index contributed by atoms with van der Waals surface area (Å²) >= 11 is 0. The summed E-state index contributed by atoms with van der Waals surface area (Å²) in [4.78, 5) is 32.9. The Morgan fingerprint density at radius 1 is 1.07 bits per heavy atom. The Balaban J connectivity index is 1.46. The second-order valence-electron chi connectivity index (χ2n) is 11.5. The molecule has 0 unspecified atom stereocenters. The molecule has 220 valence electrons. The first-order valence-electron chi connectivity index (χ1n) is 14.2. The number of halogens is 1. The van der Waals surface area contributed by atoms with E-state index in [1.165, 1.54) is 6.07 Å². The Kier molecular flexibility index (Phi) is 8.15. The Morgan fingerprint density at radius 3 is 2.43 bits per heavy atom. The molecule has 1 N–H and O–H groups in total. The normalized spacial score (nSPS) is 14.2. The number of fused-ring (bicyclic) bond motifs is 1. The number of benzene rings is 2. The van der Waals surface area contributed by atoms with Gasteiger partial charge in [0.1, 0.15) is 17.2 Å². The number of anilines is 1. The number of amides is 2. The smallest absolute Gasteiger partial charge is 0.410 e. The molecule has 1 aliphatic heterocycles. The van der Waals surface area contributed by atoms with Crippen LogP contribution in [0.15, 0.2) is 54.7 Å². The molecule has 0 aliphatic carbocycles. The van der Waals surface area contributed by atoms with Crippen LogP contribution in [0.1, 0.15) is 68.1 Å². The Labute approximate surface area is 244 Å². The molecule has 5 rings (SSSR count). The molecule has 3 heterocycles. The second-order valence-corrected chi connectivity index (χ2v) is 11.5. The van der Waals surface area contributed by atoms with Crippen molar-refractivity contribution in [2.24, 2.45) is 0 Å². The average Bonchev–Trinajstić information content (AvgIpc) is 3.37. The third-order valence-electron chi connectivity index (χ3n) is 7.15. The molecule has 2 aromatic heterocycles. The van der Waals surface area contributed by atoms with E-state index in [1.807, 2.05) is 58.0 Å². The van der Waals surface area contributed by atoms with Crippen LogP contribution in [-0.2, 0) is 4.74 Å². The van der Waals surface area contributed by atoms with Crippen LogP contribution in [0, 0.1) is 12.7 Å². The molecule has 0 radical (unpaired) electrons. The summed E-state index contributed by atoms with van der Waals surface area (Å²) in [6.45, 7) is 10.7. The van der Waals surface area contributed by atoms with Gasteiger partial charge in [-0.15, -0.1) is 0 Å². The lowest BCUT2D eigenvalue weighted by Crippen LogP contribution is -2.41. The zero-order chi connectivity index (χ0) is 30.0. The van der Waals surface area contributed by atoms with Crippen LogP contribution in [0.4, 0.5) is 14.9 Å². The summed E-state index contributed by atoms with van der Waals surface area (Å²) in [5.41, 5.74) is 3.42. The summed E-state index contributed by atoms with van der Waals surface area (Å²) in [7, 11) is 0. The van der Waals surface area contributed by atoms with E-state index < -0.39 is 17.3 Å². The van der Waals surface area contributed by atoms with Gasteiger partial charge >= 0.3 is 6.09 Å². The number of hydrogen-bond donors (Lipinski definition) is 1. The van der Waals surface area contributed by atoms with Crippen molar-refractivity contribution >= 4 is 23.3 Å². The van der Waals surface area contributed by atoms with E-state index in [9.17, 15) is 14.0 Å². The van der Waals surface area contributed by atoms with Gasteiger partial charge in [-0.3, -0.25) is 4.79 Å². The Morgan fingerprint density at radius 2 is 1.79 bits per heavy atom. The Hall–Kier alpha value is -4.47. The van der Waals surface area contributed by atoms with Gasteiger partial charge in [-0.25, -0.2) is 18.7 Å². The lowest BCUT2D eigenvalue weighted by Gasteiger charge is -2.33. The number of likely N-dealkylation sites (tertiary alicyclic amines) is 1. The van der Waals surface area contributed by atoms with Crippen LogP contribution in [0.3, 0.4) is 0 Å². The molecule has 2 amide bonds. The van der Waals surface area contributed by atoms with Crippen LogP contribution in [0.2, 0.25) is 0 Å². The van der Waals surface area contributed by atoms with Crippen molar-refractivity contribution in [3.8, 4) is 17.0 Å². The summed E-state index contributed by atoms with van der Waals surface area (Å²) in [5.74, 6) is -0.110. The zero-order valence-electron chi connectivity index (χ0n) is 24.6. The first-order chi connectivity index (χ1) is 20.0. The third kappa shape index (κ3) is 6.53. The van der Waals surface area contributed by atoms with E-state index in [4.69, 9.17) is 19.6 Å². The quantitative estimate of drug-likeness (QED) is 0.279. The number of piperidine rings is 1. The fourth-order valence-electron chi connectivity index (χ4n) is 4.98. The first-order valence-corrected chi connectivity index (χ1v) is 14.2. The molecule has 1 aliphatic rings. The molecule has 42 heavy (non-hydrogen) atoms. The third-order valence-corrected chi connectivity index (χ3v) is 7.15. The zero-order valence-corrected chi connectivity index (χ0v) is 24.6. The van der Waals surface area contributed by atoms with Gasteiger partial charge in [0, 0.05) is 42.5 Å². The van der Waals surface area contributed by atoms with Gasteiger partial charge in [-0.05, 0) is 89.4 Å². The number of aryl methyl sites for hydroxylation is 1. The van der Waals surface area contributed by atoms with Crippen molar-refractivity contribution in [2.75, 3.05) is 25.0 Å². The van der Waals surface area contributed by atoms with Gasteiger partial charge in [-0.1, -0.05) is 6.07 Å². The van der Waals surface area contributed by atoms with Crippen molar-refractivity contribution in [1.82, 2.24) is 19.5 Å². The molecule has 1 fully saturated rings. The highest BCUT2D eigenvalue weighted by molar-refractivity contribution is 6.05. The highest BCUT2D eigenvalue weighted by Gasteiger charge is 2.31. The Bertz CT molecular complexity index is 1600. The average molecular weight is 574 g/mol. The lowest BCUT2D eigenvalue weighted by atomic mass is 9.90. The van der Waals surface area contributed by atoms with Crippen molar-refractivity contribution in [2.45, 2.75) is 59.0 Å². The van der Waals surface area contributed by atoms with Crippen molar-refractivity contribution in [3.63, 3.8) is 0 Å². The van der Waals surface area contributed by atoms with Gasteiger partial charge in [0.25, 0.3) is 5.91 Å². The molecule has 10 heteroatoms. The first kappa shape index (κ1) is 29.0. The largest absolute Gasteiger partial charge is 0.494 e. The van der Waals surface area contributed by atoms with E-state index in [1.54, 1.807) is 34.7 Å². The lowest BCUT2D eigenvalue weighted by molar-refractivity contribution is 0.0203. The maximum atomic E-state index is 14.2. The van der Waals surface area contributed by atoms with Crippen molar-refractivity contribution < 1.29 is 23.5 Å². The molecule has 1 saturated heterocycles. The molecule has 2 aromatic carbocycles. The van der Waals surface area contributed by atoms with Crippen LogP contribution >= 0.6 is 0 Å². The molecule has 0 bridgehead atoms. The van der Waals surface area contributed by atoms with E-state index in [0.29, 0.717) is 66.4 Å². The molecule has 0 atom stereocenters. The fourth-order valence-corrected chi connectivity index (χ4v) is 4.98. The van der Waals surface area contributed by atoms with Crippen LogP contribution in [-0.4, -0.2) is 56.8 Å². The van der Waals surface area contributed by atoms with Gasteiger partial charge in [0.05, 0.1) is 23.6 Å². The minimum absolute atomic E-state index is 0.0759. The number of nitrogens with zero attached hydrogens (tertiary/aromatic N) is 4. The highest BCUT2D eigenvalue weighted by atomic mass is 19.1. The van der Waals surface area contributed by atoms with Crippen LogP contribution in [0.25, 0.3) is 16.9 Å². The number of hydrogen-bond acceptors (Lipinski definition) is 6. The predicted molar refractivity (Wildman–Crippen MR) is 158 cm³/mol. The minimum atomic E-state index is -0.579. The second kappa shape index (κ2) is 11.8. The summed E-state index contributed by atoms with van der Waals surface area (Å²) in [6.07, 6.45) is 2.55. The monoisotopic (exact) mass is 573 g/mol. The molecule has 4 aromatic rings. The van der Waals surface area contributed by atoms with Crippen LogP contribution < -0.4 is 10.1 Å². The van der Waals surface area contributed by atoms with E-state index in [0.717, 1.165) is 11.3 Å². The molecule has 0 spiro atoms. The SMILES string of the molecule is CCOc1ccc(-c2cc3nc(C4CCN(C(=O)OC(C)(C)C)CC4)c(C(=O)Nc4ccc(C)c(F)c4)cn3n2)cc1. The molecular weight excluding hydrogens is 537 g/mol. The molecule has 9 nitrogen and oxygen atoms in total. The van der Waals surface area contributed by atoms with Crippen molar-refractivity contribution in [1.29, 1.82) is 0 Å². The van der Waals surface area contributed by atoms with E-state index in [2.05, 4.69) is 5.32 Å². The fraction of sp³-hybridized carbons (Fsp3) is 0.375. The number of aromatic nitrogens is 3. The number of carbonyl (C=O) groups excluding carboxylic acids is 2. The standard InChI is InChI=1S/C32H36FN5O4/c1-6-41-24-11-8-21(9-12-24)27-18-28-35-29(22-13-15-37(16-14-22)31(40)42-32(3,4)5)25(19-38(28)36-27)30(39)34-23-10-7-20(2)26(33)17-23/h7-12,17-19,22H,6,13-16H2,1-5H3,(H,34,39). The molecule has 0 saturated carbocycles. The maximum Gasteiger partial charge on any atom is 0.410 e. The number of nitrogens with one attached hydrogen (secondary N) is 1. The molecular formula is C32H36FN5O4. The van der Waals surface area contributed by atoms with Crippen molar-refractivity contribution in [3.05, 3.63) is 77.4 Å². The van der Waals surface area contributed by atoms with Gasteiger partial charge in [0.2, 0.25) is 0 Å². The summed E-state index contributed by atoms with van der Waals surface area (Å²) < 4.78 is 26.9. The maximum absolute atomic E-state index is 14.2. The number of rotatable bonds is 6. The summed E-state index contributed by atoms with van der Waals surface area (Å²) in [5, 5.41) is 7.52. The number of carbonyl (C=O) groups is 2. The van der Waals surface area contributed by atoms with E-state index in [-0.39, 0.29) is 12.0 Å². The van der Waals surface area contributed by atoms with Gasteiger partial charge < -0.3 is 19.7 Å². The van der Waals surface area contributed by atoms with Gasteiger partial charge in [-0.2, -0.15) is 5.10 Å². The highest BCUT2D eigenvalue weighted by Crippen LogP contribution is 2.32. The summed E-state index contributed by atoms with van der Waals surface area (Å²) in [6, 6.07) is 14.1. The number of ether oxygens (including phenoxy) is 2.